The van der Waals surface area contributed by atoms with Crippen LogP contribution in [0, 0.1) is 30.6 Å². The number of Topliss-reactive ketones (excluding diaryl/α,β-unsaturated/α-hetero) is 1. The Balaban J connectivity index is 1.48. The highest BCUT2D eigenvalue weighted by Gasteiger charge is 2.50. The minimum Gasteiger partial charge on any atom is -0.508 e. The number of ketones is 1. The number of nitrogens with zero attached hydrogens (tertiary/aromatic N) is 3. The Hall–Kier alpha value is -6.14. The number of aliphatic hydroxyl groups excluding tert-OH is 2. The smallest absolute Gasteiger partial charge is 0.312 e. The molecular weight excluding hydrogens is 877 g/mol. The number of amides is 1. The van der Waals surface area contributed by atoms with E-state index in [4.69, 9.17) is 24.0 Å². The first-order valence-corrected chi connectivity index (χ1v) is 22.9. The second-order valence-electron chi connectivity index (χ2n) is 18.8. The van der Waals surface area contributed by atoms with E-state index in [-0.39, 0.29) is 62.3 Å². The first-order valence-electron chi connectivity index (χ1n) is 22.9. The van der Waals surface area contributed by atoms with Crippen LogP contribution in [0.1, 0.15) is 89.4 Å². The van der Waals surface area contributed by atoms with Gasteiger partial charge in [-0.05, 0) is 51.5 Å². The number of allylic oxidation sites excluding steroid dienone is 2. The van der Waals surface area contributed by atoms with Gasteiger partial charge in [0.2, 0.25) is 0 Å². The topological polar surface area (TPSA) is 240 Å². The third-order valence-corrected chi connectivity index (χ3v) is 13.6. The summed E-state index contributed by atoms with van der Waals surface area (Å²) in [7, 11) is 1.43. The molecule has 4 heterocycles. The van der Waals surface area contributed by atoms with Crippen LogP contribution in [-0.4, -0.2) is 127 Å². The number of fused-ring (bicyclic) bond motifs is 14. The van der Waals surface area contributed by atoms with Crippen LogP contribution in [0.5, 0.6) is 28.7 Å². The molecule has 1 amide bonds. The van der Waals surface area contributed by atoms with E-state index in [1.54, 1.807) is 52.0 Å². The molecule has 0 saturated carbocycles. The van der Waals surface area contributed by atoms with Gasteiger partial charge in [0, 0.05) is 80.8 Å². The van der Waals surface area contributed by atoms with Gasteiger partial charge in [0.1, 0.15) is 29.1 Å². The zero-order chi connectivity index (χ0) is 50.1. The second kappa shape index (κ2) is 20.6. The van der Waals surface area contributed by atoms with Crippen LogP contribution in [0.4, 0.5) is 5.69 Å². The van der Waals surface area contributed by atoms with Crippen LogP contribution in [0.3, 0.4) is 0 Å². The van der Waals surface area contributed by atoms with Crippen molar-refractivity contribution in [3.8, 4) is 28.7 Å². The van der Waals surface area contributed by atoms with Crippen molar-refractivity contribution < 1.29 is 64.0 Å². The highest BCUT2D eigenvalue weighted by atomic mass is 16.7. The largest absolute Gasteiger partial charge is 0.508 e. The lowest BCUT2D eigenvalue weighted by molar-refractivity contribution is -0.160. The molecule has 7 N–H and O–H groups in total. The van der Waals surface area contributed by atoms with Gasteiger partial charge in [-0.1, -0.05) is 58.1 Å². The molecule has 68 heavy (non-hydrogen) atoms. The van der Waals surface area contributed by atoms with Gasteiger partial charge in [-0.2, -0.15) is 5.10 Å². The molecule has 368 valence electrons. The molecule has 5 bridgehead atoms. The Bertz CT molecular complexity index is 2510. The van der Waals surface area contributed by atoms with Gasteiger partial charge in [0.25, 0.3) is 11.7 Å². The molecule has 0 spiro atoms. The molecule has 3 aromatic carbocycles. The summed E-state index contributed by atoms with van der Waals surface area (Å²) < 4.78 is 23.8. The highest BCUT2D eigenvalue weighted by molar-refractivity contribution is 6.23. The molecule has 0 radical (unpaired) electrons. The van der Waals surface area contributed by atoms with Crippen molar-refractivity contribution in [2.75, 3.05) is 25.5 Å². The summed E-state index contributed by atoms with van der Waals surface area (Å²) in [6.45, 7) is 18.3. The van der Waals surface area contributed by atoms with E-state index < -0.39 is 88.8 Å². The van der Waals surface area contributed by atoms with Gasteiger partial charge in [-0.3, -0.25) is 24.3 Å². The third-order valence-electron chi connectivity index (χ3n) is 13.6. The average Bonchev–Trinajstić information content (AvgIpc) is 3.55. The van der Waals surface area contributed by atoms with Gasteiger partial charge >= 0.3 is 11.8 Å². The number of rotatable bonds is 6. The summed E-state index contributed by atoms with van der Waals surface area (Å²) in [6.07, 6.45) is 4.78. The molecule has 11 unspecified atom stereocenters. The minimum atomic E-state index is -2.08. The molecule has 11 atom stereocenters. The Morgan fingerprint density at radius 2 is 1.54 bits per heavy atom. The quantitative estimate of drug-likeness (QED) is 0.0614. The molecular formula is C51H66N4O13. The van der Waals surface area contributed by atoms with E-state index in [1.807, 2.05) is 31.0 Å². The number of piperazine rings is 1. The number of ether oxygens (including phenoxy) is 4. The minimum absolute atomic E-state index is 0.0378. The van der Waals surface area contributed by atoms with Crippen molar-refractivity contribution in [3.05, 3.63) is 82.7 Å². The number of anilines is 1. The van der Waals surface area contributed by atoms with Gasteiger partial charge in [-0.25, -0.2) is 0 Å². The highest BCUT2D eigenvalue weighted by Crippen LogP contribution is 2.55. The van der Waals surface area contributed by atoms with Gasteiger partial charge < -0.3 is 54.9 Å². The lowest BCUT2D eigenvalue weighted by Crippen LogP contribution is -2.54. The summed E-state index contributed by atoms with van der Waals surface area (Å²) in [5.74, 6) is -8.43. The summed E-state index contributed by atoms with van der Waals surface area (Å²) in [6, 6.07) is 6.70. The molecule has 1 saturated heterocycles. The average molecular weight is 943 g/mol. The molecule has 0 aliphatic carbocycles. The number of methoxy groups -OCH3 is 1. The number of phenols is 4. The van der Waals surface area contributed by atoms with Crippen LogP contribution in [-0.2, 0) is 30.3 Å². The van der Waals surface area contributed by atoms with E-state index in [1.165, 1.54) is 59.4 Å². The first-order chi connectivity index (χ1) is 32.0. The van der Waals surface area contributed by atoms with Crippen LogP contribution in [0.2, 0.25) is 0 Å². The lowest BCUT2D eigenvalue weighted by Gasteiger charge is -2.42. The zero-order valence-corrected chi connectivity index (χ0v) is 40.6. The molecule has 0 aromatic heterocycles. The summed E-state index contributed by atoms with van der Waals surface area (Å²) in [5, 5.41) is 77.8. The first kappa shape index (κ1) is 51.3. The zero-order valence-electron chi connectivity index (χ0n) is 40.6. The van der Waals surface area contributed by atoms with Crippen LogP contribution in [0.25, 0.3) is 10.8 Å². The Morgan fingerprint density at radius 3 is 2.16 bits per heavy atom. The van der Waals surface area contributed by atoms with E-state index in [0.29, 0.717) is 19.6 Å². The number of carbonyl (C=O) groups is 3. The standard InChI is InChI=1S/C51H66N4O13/c1-25-13-12-14-26(2)50(64)53-41-36(21-52-55-27(3)22-54(23-28(55)4)24-34-15-17-35(57)18-16-34)45(61)38-39(46(41)62)44(60)32(8)48-40(38)49(63)51(10,68-48)66-20-19-37(65-11)29(5)47(67-33(9)56)31(7)43(59)30(6)42(25)58/h12-21,25,27-31,37,42-43,47,57-62H,22-24H2,1-11H3,(H,53,64)/b13-12+,20-19+,26-14?,52-21+. The fourth-order valence-corrected chi connectivity index (χ4v) is 9.64. The third kappa shape index (κ3) is 10.2. The number of aliphatic hydroxyl groups is 2. The number of nitrogens with one attached hydrogen (secondary N) is 1. The number of benzene rings is 3. The van der Waals surface area contributed by atoms with E-state index in [9.17, 15) is 45.0 Å². The molecule has 4 aliphatic heterocycles. The predicted octanol–water partition coefficient (Wildman–Crippen LogP) is 6.39. The van der Waals surface area contributed by atoms with Crippen LogP contribution >= 0.6 is 0 Å². The Kier molecular flexibility index (Phi) is 15.5. The SMILES string of the molecule is COC1/C=C/OC2(C)Oc3c(C)c(O)c4c(O)c(c(/C=N/N5C(C)CN(Cc6ccc(O)cc6)CC5C)c(O)c4c3C2=O)NC(=O)C(C)=C/C=C/C(C)C(O)C(C)C(O)C(C)C(OC(C)=O)C1C. The fourth-order valence-electron chi connectivity index (χ4n) is 9.64. The number of aromatic hydroxyl groups is 4. The van der Waals surface area contributed by atoms with Crippen LogP contribution < -0.4 is 10.1 Å². The number of hydrazone groups is 1. The van der Waals surface area contributed by atoms with Crippen molar-refractivity contribution in [2.24, 2.45) is 28.8 Å². The second-order valence-corrected chi connectivity index (χ2v) is 18.8. The molecule has 7 rings (SSSR count). The predicted molar refractivity (Wildman–Crippen MR) is 256 cm³/mol. The molecule has 17 heteroatoms. The molecule has 1 fully saturated rings. The van der Waals surface area contributed by atoms with Crippen molar-refractivity contribution in [1.29, 1.82) is 0 Å². The van der Waals surface area contributed by atoms with Crippen LogP contribution in [0.15, 0.2) is 65.5 Å². The van der Waals surface area contributed by atoms with E-state index in [0.717, 1.165) is 5.56 Å². The van der Waals surface area contributed by atoms with Crippen molar-refractivity contribution in [2.45, 2.75) is 118 Å². The monoisotopic (exact) mass is 942 g/mol. The van der Waals surface area contributed by atoms with Crippen molar-refractivity contribution in [3.63, 3.8) is 0 Å². The maximum Gasteiger partial charge on any atom is 0.312 e. The Morgan fingerprint density at radius 1 is 0.897 bits per heavy atom. The fraction of sp³-hybridized carbons (Fsp3) is 0.490. The normalized spacial score (nSPS) is 30.8. The molecule has 17 nitrogen and oxygen atoms in total. The number of carbonyl (C=O) groups excluding carboxylic acids is 3. The number of hydrogen-bond donors (Lipinski definition) is 7. The van der Waals surface area contributed by atoms with Gasteiger partial charge in [0.15, 0.2) is 5.75 Å². The van der Waals surface area contributed by atoms with Gasteiger partial charge in [0.05, 0.1) is 65.1 Å². The maximum atomic E-state index is 14.6. The summed E-state index contributed by atoms with van der Waals surface area (Å²) in [5.41, 5.74) is 0.548. The number of phenolic OH excluding ortho intramolecular Hbond substituents is 4. The Labute approximate surface area is 396 Å². The van der Waals surface area contributed by atoms with E-state index in [2.05, 4.69) is 10.2 Å². The summed E-state index contributed by atoms with van der Waals surface area (Å²) >= 11 is 0. The number of esters is 1. The molecule has 3 aromatic rings. The lowest BCUT2D eigenvalue weighted by atomic mass is 9.78. The maximum absolute atomic E-state index is 14.6. The van der Waals surface area contributed by atoms with Gasteiger partial charge in [-0.15, -0.1) is 0 Å². The van der Waals surface area contributed by atoms with Crippen molar-refractivity contribution in [1.82, 2.24) is 9.91 Å². The summed E-state index contributed by atoms with van der Waals surface area (Å²) in [4.78, 5) is 43.3. The van der Waals surface area contributed by atoms with E-state index >= 15 is 0 Å². The van der Waals surface area contributed by atoms with Crippen molar-refractivity contribution >= 4 is 40.3 Å². The molecule has 4 aliphatic rings. The number of hydrogen-bond acceptors (Lipinski definition) is 16.